The number of rotatable bonds is 4. The average molecular weight is 368 g/mol. The lowest BCUT2D eigenvalue weighted by atomic mass is 9.97. The van der Waals surface area contributed by atoms with Gasteiger partial charge in [0, 0.05) is 37.6 Å². The van der Waals surface area contributed by atoms with Gasteiger partial charge in [0.05, 0.1) is 17.9 Å². The van der Waals surface area contributed by atoms with Gasteiger partial charge >= 0.3 is 0 Å². The highest BCUT2D eigenvalue weighted by molar-refractivity contribution is 7.07. The molecule has 1 fully saturated rings. The van der Waals surface area contributed by atoms with Crippen LogP contribution in [0, 0.1) is 6.92 Å². The second-order valence-corrected chi connectivity index (χ2v) is 7.27. The molecule has 0 aliphatic carbocycles. The minimum absolute atomic E-state index is 0.0324. The van der Waals surface area contributed by atoms with Gasteiger partial charge in [-0.2, -0.15) is 0 Å². The molecule has 7 nitrogen and oxygen atoms in total. The van der Waals surface area contributed by atoms with E-state index in [1.54, 1.807) is 6.20 Å². The molecule has 3 aromatic heterocycles. The molecule has 134 valence electrons. The van der Waals surface area contributed by atoms with Crippen LogP contribution in [0.3, 0.4) is 0 Å². The number of pyridine rings is 1. The smallest absolute Gasteiger partial charge is 0.267 e. The van der Waals surface area contributed by atoms with Crippen molar-refractivity contribution in [3.05, 3.63) is 58.9 Å². The van der Waals surface area contributed by atoms with Crippen LogP contribution in [-0.2, 0) is 6.54 Å². The van der Waals surface area contributed by atoms with Crippen LogP contribution < -0.4 is 0 Å². The summed E-state index contributed by atoms with van der Waals surface area (Å²) in [7, 11) is 0. The molecule has 1 amide bonds. The number of amides is 1. The zero-order valence-electron chi connectivity index (χ0n) is 14.6. The number of aromatic nitrogens is 5. The van der Waals surface area contributed by atoms with Crippen molar-refractivity contribution in [2.75, 3.05) is 13.1 Å². The molecule has 0 spiro atoms. The Balaban J connectivity index is 1.51. The van der Waals surface area contributed by atoms with Crippen molar-refractivity contribution in [3.63, 3.8) is 0 Å². The number of hydrogen-bond acceptors (Lipinski definition) is 6. The van der Waals surface area contributed by atoms with E-state index >= 15 is 0 Å². The Morgan fingerprint density at radius 1 is 1.31 bits per heavy atom. The first-order chi connectivity index (χ1) is 12.7. The summed E-state index contributed by atoms with van der Waals surface area (Å²) in [4.78, 5) is 24.3. The molecule has 0 saturated carbocycles. The summed E-state index contributed by atoms with van der Waals surface area (Å²) in [6.07, 6.45) is 7.62. The van der Waals surface area contributed by atoms with Gasteiger partial charge in [-0.25, -0.2) is 4.98 Å². The molecule has 1 saturated heterocycles. The number of imidazole rings is 1. The summed E-state index contributed by atoms with van der Waals surface area (Å²) in [5, 5.41) is 3.96. The van der Waals surface area contributed by atoms with Gasteiger partial charge in [0.15, 0.2) is 0 Å². The van der Waals surface area contributed by atoms with E-state index in [0.717, 1.165) is 30.9 Å². The number of aryl methyl sites for hydroxylation is 1. The average Bonchev–Trinajstić information content (AvgIpc) is 3.31. The van der Waals surface area contributed by atoms with E-state index < -0.39 is 0 Å². The van der Waals surface area contributed by atoms with E-state index in [9.17, 15) is 4.79 Å². The largest absolute Gasteiger partial charge is 0.337 e. The summed E-state index contributed by atoms with van der Waals surface area (Å²) in [6, 6.07) is 5.92. The molecule has 1 aliphatic heterocycles. The Labute approximate surface area is 155 Å². The normalized spacial score (nSPS) is 17.4. The number of carbonyl (C=O) groups is 1. The van der Waals surface area contributed by atoms with Gasteiger partial charge in [0.25, 0.3) is 5.91 Å². The van der Waals surface area contributed by atoms with Crippen LogP contribution in [0.1, 0.15) is 45.6 Å². The van der Waals surface area contributed by atoms with E-state index in [4.69, 9.17) is 0 Å². The predicted octanol–water partition coefficient (Wildman–Crippen LogP) is 2.51. The fourth-order valence-corrected chi connectivity index (χ4v) is 4.05. The Morgan fingerprint density at radius 3 is 3.00 bits per heavy atom. The van der Waals surface area contributed by atoms with E-state index in [0.29, 0.717) is 23.7 Å². The first kappa shape index (κ1) is 16.8. The van der Waals surface area contributed by atoms with Gasteiger partial charge in [-0.05, 0) is 43.4 Å². The lowest BCUT2D eigenvalue weighted by molar-refractivity contribution is 0.0707. The Morgan fingerprint density at radius 2 is 2.23 bits per heavy atom. The third-order valence-corrected chi connectivity index (χ3v) is 5.54. The fraction of sp³-hybridized carbons (Fsp3) is 0.389. The van der Waals surface area contributed by atoms with Crippen LogP contribution in [-0.4, -0.2) is 48.0 Å². The molecule has 0 aromatic carbocycles. The molecule has 0 N–H and O–H groups in total. The van der Waals surface area contributed by atoms with Crippen LogP contribution >= 0.6 is 11.5 Å². The lowest BCUT2D eigenvalue weighted by Crippen LogP contribution is -2.39. The molecule has 26 heavy (non-hydrogen) atoms. The highest BCUT2D eigenvalue weighted by atomic mass is 32.1. The van der Waals surface area contributed by atoms with Gasteiger partial charge in [-0.1, -0.05) is 10.6 Å². The van der Waals surface area contributed by atoms with Crippen molar-refractivity contribution >= 4 is 17.4 Å². The van der Waals surface area contributed by atoms with Gasteiger partial charge in [0.2, 0.25) is 0 Å². The molecular formula is C18H20N6OS. The van der Waals surface area contributed by atoms with Crippen LogP contribution in [0.15, 0.2) is 36.8 Å². The molecular weight excluding hydrogens is 348 g/mol. The minimum Gasteiger partial charge on any atom is -0.337 e. The standard InChI is InChI=1S/C18H20N6OS/c1-13-16(26-22-21-13)18(25)24-9-4-5-14(11-24)17-20-8-10-23(17)12-15-6-2-3-7-19-15/h2-3,6-8,10,14H,4-5,9,11-12H2,1H3/t14-/m0/s1. The zero-order chi connectivity index (χ0) is 17.9. The quantitative estimate of drug-likeness (QED) is 0.707. The summed E-state index contributed by atoms with van der Waals surface area (Å²) in [5.41, 5.74) is 1.71. The maximum atomic E-state index is 12.8. The fourth-order valence-electron chi connectivity index (χ4n) is 3.42. The maximum absolute atomic E-state index is 12.8. The number of likely N-dealkylation sites (tertiary alicyclic amines) is 1. The highest BCUT2D eigenvalue weighted by Gasteiger charge is 2.29. The summed E-state index contributed by atoms with van der Waals surface area (Å²) in [5.74, 6) is 1.28. The monoisotopic (exact) mass is 368 g/mol. The summed E-state index contributed by atoms with van der Waals surface area (Å²) < 4.78 is 6.03. The van der Waals surface area contributed by atoms with Gasteiger partial charge < -0.3 is 9.47 Å². The van der Waals surface area contributed by atoms with E-state index in [1.165, 1.54) is 11.5 Å². The van der Waals surface area contributed by atoms with Gasteiger partial charge in [-0.15, -0.1) is 5.10 Å². The molecule has 0 bridgehead atoms. The van der Waals surface area contributed by atoms with E-state index in [-0.39, 0.29) is 11.8 Å². The minimum atomic E-state index is 0.0324. The van der Waals surface area contributed by atoms with Crippen molar-refractivity contribution in [2.24, 2.45) is 0 Å². The molecule has 0 radical (unpaired) electrons. The molecule has 0 unspecified atom stereocenters. The van der Waals surface area contributed by atoms with Crippen molar-refractivity contribution in [1.82, 2.24) is 29.0 Å². The SMILES string of the molecule is Cc1nnsc1C(=O)N1CCC[C@H](c2nccn2Cc2ccccn2)C1. The van der Waals surface area contributed by atoms with Crippen LogP contribution in [0.2, 0.25) is 0 Å². The van der Waals surface area contributed by atoms with E-state index in [2.05, 4.69) is 24.1 Å². The van der Waals surface area contributed by atoms with Gasteiger partial charge in [0.1, 0.15) is 10.7 Å². The first-order valence-corrected chi connectivity index (χ1v) is 9.49. The zero-order valence-corrected chi connectivity index (χ0v) is 15.4. The molecule has 4 heterocycles. The van der Waals surface area contributed by atoms with Crippen molar-refractivity contribution in [2.45, 2.75) is 32.2 Å². The lowest BCUT2D eigenvalue weighted by Gasteiger charge is -2.32. The Bertz CT molecular complexity index is 890. The Kier molecular flexibility index (Phi) is 4.75. The second kappa shape index (κ2) is 7.33. The third-order valence-electron chi connectivity index (χ3n) is 4.73. The number of carbonyl (C=O) groups excluding carboxylic acids is 1. The number of nitrogens with zero attached hydrogens (tertiary/aromatic N) is 6. The van der Waals surface area contributed by atoms with Crippen LogP contribution in [0.5, 0.6) is 0 Å². The van der Waals surface area contributed by atoms with Crippen LogP contribution in [0.4, 0.5) is 0 Å². The molecule has 1 aliphatic rings. The third kappa shape index (κ3) is 3.37. The number of hydrogen-bond donors (Lipinski definition) is 0. The van der Waals surface area contributed by atoms with Crippen molar-refractivity contribution < 1.29 is 4.79 Å². The second-order valence-electron chi connectivity index (χ2n) is 6.51. The summed E-state index contributed by atoms with van der Waals surface area (Å²) >= 11 is 1.17. The summed E-state index contributed by atoms with van der Waals surface area (Å²) in [6.45, 7) is 3.97. The van der Waals surface area contributed by atoms with E-state index in [1.807, 2.05) is 42.4 Å². The molecule has 1 atom stereocenters. The molecule has 8 heteroatoms. The van der Waals surface area contributed by atoms with Crippen molar-refractivity contribution in [3.8, 4) is 0 Å². The van der Waals surface area contributed by atoms with Gasteiger partial charge in [-0.3, -0.25) is 9.78 Å². The van der Waals surface area contributed by atoms with Crippen LogP contribution in [0.25, 0.3) is 0 Å². The number of piperidine rings is 1. The first-order valence-electron chi connectivity index (χ1n) is 8.71. The maximum Gasteiger partial charge on any atom is 0.267 e. The molecule has 4 rings (SSSR count). The highest BCUT2D eigenvalue weighted by Crippen LogP contribution is 2.28. The van der Waals surface area contributed by atoms with Crippen molar-refractivity contribution in [1.29, 1.82) is 0 Å². The Hall–Kier alpha value is -2.61. The topological polar surface area (TPSA) is 76.8 Å². The molecule has 3 aromatic rings. The predicted molar refractivity (Wildman–Crippen MR) is 98.1 cm³/mol.